The van der Waals surface area contributed by atoms with E-state index < -0.39 is 5.54 Å². The third-order valence-electron chi connectivity index (χ3n) is 6.14. The fourth-order valence-corrected chi connectivity index (χ4v) is 4.67. The highest BCUT2D eigenvalue weighted by molar-refractivity contribution is 5.87. The van der Waals surface area contributed by atoms with Crippen molar-refractivity contribution < 1.29 is 9.53 Å². The van der Waals surface area contributed by atoms with E-state index in [-0.39, 0.29) is 5.91 Å². The summed E-state index contributed by atoms with van der Waals surface area (Å²) in [6, 6.07) is 22.4. The number of para-hydroxylation sites is 1. The summed E-state index contributed by atoms with van der Waals surface area (Å²) in [7, 11) is 3.40. The molecule has 0 unspecified atom stereocenters. The van der Waals surface area contributed by atoms with Gasteiger partial charge in [0, 0.05) is 24.8 Å². The molecule has 1 aromatic heterocycles. The van der Waals surface area contributed by atoms with Crippen molar-refractivity contribution in [1.29, 1.82) is 0 Å². The Balaban J connectivity index is 1.70. The first-order valence-corrected chi connectivity index (χ1v) is 10.7. The maximum Gasteiger partial charge on any atom is 0.246 e. The van der Waals surface area contributed by atoms with Crippen LogP contribution in [0.1, 0.15) is 29.8 Å². The van der Waals surface area contributed by atoms with Crippen LogP contribution in [0.2, 0.25) is 0 Å². The van der Waals surface area contributed by atoms with E-state index in [2.05, 4.69) is 40.5 Å². The van der Waals surface area contributed by atoms with Gasteiger partial charge in [-0.2, -0.15) is 0 Å². The van der Waals surface area contributed by atoms with E-state index in [0.717, 1.165) is 53.2 Å². The van der Waals surface area contributed by atoms with Crippen molar-refractivity contribution in [2.45, 2.75) is 31.8 Å². The lowest BCUT2D eigenvalue weighted by Gasteiger charge is -2.36. The summed E-state index contributed by atoms with van der Waals surface area (Å²) in [6.45, 7) is 3.49. The Bertz CT molecular complexity index is 1080. The number of likely N-dealkylation sites (N-methyl/N-ethyl adjacent to an activating group) is 1. The quantitative estimate of drug-likeness (QED) is 0.652. The first-order chi connectivity index (χ1) is 15.1. The Morgan fingerprint density at radius 2 is 1.94 bits per heavy atom. The molecular weight excluding hydrogens is 386 g/mol. The number of aryl methyl sites for hydroxylation is 1. The van der Waals surface area contributed by atoms with Crippen LogP contribution in [0.4, 0.5) is 0 Å². The van der Waals surface area contributed by atoms with E-state index in [9.17, 15) is 4.79 Å². The highest BCUT2D eigenvalue weighted by Gasteiger charge is 2.49. The molecule has 0 radical (unpaired) electrons. The minimum Gasteiger partial charge on any atom is -0.496 e. The molecule has 2 heterocycles. The lowest BCUT2D eigenvalue weighted by atomic mass is 9.89. The minimum absolute atomic E-state index is 0.00369. The molecule has 5 heteroatoms. The zero-order valence-corrected chi connectivity index (χ0v) is 18.4. The average molecular weight is 416 g/mol. The molecule has 0 spiro atoms. The molecule has 4 rings (SSSR count). The summed E-state index contributed by atoms with van der Waals surface area (Å²) < 4.78 is 5.55. The normalized spacial score (nSPS) is 18.7. The van der Waals surface area contributed by atoms with E-state index in [1.165, 1.54) is 0 Å². The standard InChI is InChI=1S/C26H29N3O2/c1-19-9-6-14-24(28-19)26(25(30)27-2)15-8-16-29(26)18-20-10-7-11-21(17-20)22-12-4-5-13-23(22)31-3/h4-7,9-14,17H,8,15-16,18H2,1-3H3,(H,27,30)/t26-/m0/s1. The zero-order chi connectivity index (χ0) is 21.8. The number of aromatic nitrogens is 1. The predicted molar refractivity (Wildman–Crippen MR) is 123 cm³/mol. The maximum absolute atomic E-state index is 13.2. The van der Waals surface area contributed by atoms with Crippen LogP contribution >= 0.6 is 0 Å². The smallest absolute Gasteiger partial charge is 0.246 e. The summed E-state index contributed by atoms with van der Waals surface area (Å²) in [4.78, 5) is 20.2. The molecule has 2 aromatic carbocycles. The summed E-state index contributed by atoms with van der Waals surface area (Å²) in [5.41, 5.74) is 4.32. The molecule has 1 aliphatic heterocycles. The molecule has 31 heavy (non-hydrogen) atoms. The fraction of sp³-hybridized carbons (Fsp3) is 0.308. The van der Waals surface area contributed by atoms with Crippen molar-refractivity contribution in [2.75, 3.05) is 20.7 Å². The van der Waals surface area contributed by atoms with Crippen LogP contribution in [0.25, 0.3) is 11.1 Å². The number of ether oxygens (including phenoxy) is 1. The van der Waals surface area contributed by atoms with Crippen molar-refractivity contribution >= 4 is 5.91 Å². The first kappa shape index (κ1) is 21.1. The largest absolute Gasteiger partial charge is 0.496 e. The molecule has 1 atom stereocenters. The maximum atomic E-state index is 13.2. The van der Waals surface area contributed by atoms with Crippen molar-refractivity contribution in [3.63, 3.8) is 0 Å². The van der Waals surface area contributed by atoms with Crippen LogP contribution in [0.15, 0.2) is 66.7 Å². The molecule has 1 saturated heterocycles. The van der Waals surface area contributed by atoms with Gasteiger partial charge >= 0.3 is 0 Å². The van der Waals surface area contributed by atoms with Crippen molar-refractivity contribution in [2.24, 2.45) is 0 Å². The molecule has 1 fully saturated rings. The Kier molecular flexibility index (Phi) is 6.05. The zero-order valence-electron chi connectivity index (χ0n) is 18.4. The van der Waals surface area contributed by atoms with Gasteiger partial charge < -0.3 is 10.1 Å². The van der Waals surface area contributed by atoms with Crippen LogP contribution < -0.4 is 10.1 Å². The number of carbonyl (C=O) groups is 1. The number of hydrogen-bond donors (Lipinski definition) is 1. The number of benzene rings is 2. The molecule has 0 bridgehead atoms. The Hall–Kier alpha value is -3.18. The van der Waals surface area contributed by atoms with Gasteiger partial charge in [0.15, 0.2) is 0 Å². The molecule has 1 N–H and O–H groups in total. The molecule has 1 amide bonds. The number of rotatable bonds is 6. The number of amides is 1. The van der Waals surface area contributed by atoms with E-state index in [1.807, 2.05) is 43.3 Å². The molecular formula is C26H29N3O2. The number of nitrogens with zero attached hydrogens (tertiary/aromatic N) is 2. The van der Waals surface area contributed by atoms with Gasteiger partial charge in [-0.25, -0.2) is 0 Å². The molecule has 0 aliphatic carbocycles. The highest BCUT2D eigenvalue weighted by Crippen LogP contribution is 2.40. The third-order valence-corrected chi connectivity index (χ3v) is 6.14. The predicted octanol–water partition coefficient (Wildman–Crippen LogP) is 4.30. The second-order valence-electron chi connectivity index (χ2n) is 8.03. The second kappa shape index (κ2) is 8.90. The van der Waals surface area contributed by atoms with E-state index in [0.29, 0.717) is 6.54 Å². The second-order valence-corrected chi connectivity index (χ2v) is 8.03. The van der Waals surface area contributed by atoms with Gasteiger partial charge in [-0.1, -0.05) is 42.5 Å². The molecule has 5 nitrogen and oxygen atoms in total. The molecule has 160 valence electrons. The summed E-state index contributed by atoms with van der Waals surface area (Å²) in [6.07, 6.45) is 1.71. The number of likely N-dealkylation sites (tertiary alicyclic amines) is 1. The third kappa shape index (κ3) is 3.93. The highest BCUT2D eigenvalue weighted by atomic mass is 16.5. The van der Waals surface area contributed by atoms with Gasteiger partial charge in [-0.15, -0.1) is 0 Å². The van der Waals surface area contributed by atoms with Gasteiger partial charge in [0.25, 0.3) is 0 Å². The van der Waals surface area contributed by atoms with E-state index in [4.69, 9.17) is 9.72 Å². The lowest BCUT2D eigenvalue weighted by Crippen LogP contribution is -2.52. The van der Waals surface area contributed by atoms with Gasteiger partial charge in [-0.05, 0) is 61.7 Å². The summed E-state index contributed by atoms with van der Waals surface area (Å²) in [5, 5.41) is 2.90. The number of hydrogen-bond acceptors (Lipinski definition) is 4. The van der Waals surface area contributed by atoms with Crippen LogP contribution in [0.5, 0.6) is 5.75 Å². The van der Waals surface area contributed by atoms with Crippen molar-refractivity contribution in [1.82, 2.24) is 15.2 Å². The van der Waals surface area contributed by atoms with Crippen molar-refractivity contribution in [3.05, 3.63) is 83.7 Å². The SMILES string of the molecule is CNC(=O)[C@@]1(c2cccc(C)n2)CCCN1Cc1cccc(-c2ccccc2OC)c1. The van der Waals surface area contributed by atoms with Gasteiger partial charge in [0.1, 0.15) is 11.3 Å². The molecule has 0 saturated carbocycles. The lowest BCUT2D eigenvalue weighted by molar-refractivity contribution is -0.132. The number of nitrogens with one attached hydrogen (secondary N) is 1. The van der Waals surface area contributed by atoms with Crippen LogP contribution in [0, 0.1) is 6.92 Å². The Labute approximate surface area is 184 Å². The molecule has 3 aromatic rings. The fourth-order valence-electron chi connectivity index (χ4n) is 4.67. The van der Waals surface area contributed by atoms with E-state index >= 15 is 0 Å². The topological polar surface area (TPSA) is 54.5 Å². The number of carbonyl (C=O) groups excluding carboxylic acids is 1. The number of methoxy groups -OCH3 is 1. The van der Waals surface area contributed by atoms with Crippen LogP contribution in [0.3, 0.4) is 0 Å². The van der Waals surface area contributed by atoms with Gasteiger partial charge in [-0.3, -0.25) is 14.7 Å². The van der Waals surface area contributed by atoms with Crippen LogP contribution in [-0.4, -0.2) is 36.5 Å². The van der Waals surface area contributed by atoms with E-state index in [1.54, 1.807) is 14.2 Å². The van der Waals surface area contributed by atoms with Crippen molar-refractivity contribution in [3.8, 4) is 16.9 Å². The monoisotopic (exact) mass is 415 g/mol. The average Bonchev–Trinajstić information content (AvgIpc) is 3.23. The van der Waals surface area contributed by atoms with Gasteiger partial charge in [0.2, 0.25) is 5.91 Å². The Morgan fingerprint density at radius 3 is 2.71 bits per heavy atom. The number of pyridine rings is 1. The first-order valence-electron chi connectivity index (χ1n) is 10.7. The Morgan fingerprint density at radius 1 is 1.13 bits per heavy atom. The summed E-state index contributed by atoms with van der Waals surface area (Å²) in [5.74, 6) is 0.855. The van der Waals surface area contributed by atoms with Crippen LogP contribution in [-0.2, 0) is 16.9 Å². The molecule has 1 aliphatic rings. The summed E-state index contributed by atoms with van der Waals surface area (Å²) >= 11 is 0. The van der Waals surface area contributed by atoms with Gasteiger partial charge in [0.05, 0.1) is 12.8 Å². The minimum atomic E-state index is -0.749.